The number of hydrogen-bond donors (Lipinski definition) is 4. The molecule has 0 unspecified atom stereocenters. The van der Waals surface area contributed by atoms with Gasteiger partial charge in [-0.25, -0.2) is 0 Å². The van der Waals surface area contributed by atoms with Crippen molar-refractivity contribution in [2.24, 2.45) is 0 Å². The maximum atomic E-state index is 9.12. The van der Waals surface area contributed by atoms with Crippen molar-refractivity contribution in [3.05, 3.63) is 23.8 Å². The summed E-state index contributed by atoms with van der Waals surface area (Å²) in [5.74, 6) is 0.473. The van der Waals surface area contributed by atoms with Crippen molar-refractivity contribution < 1.29 is 32.5 Å². The molecule has 1 rings (SSSR count). The van der Waals surface area contributed by atoms with Gasteiger partial charge >= 0.3 is 10.4 Å². The first-order valence-corrected chi connectivity index (χ1v) is 5.34. The molecule has 92 valence electrons. The van der Waals surface area contributed by atoms with Gasteiger partial charge in [-0.15, -0.1) is 0 Å². The van der Waals surface area contributed by atoms with Crippen LogP contribution in [0.25, 0.3) is 0 Å². The van der Waals surface area contributed by atoms with Gasteiger partial charge in [0, 0.05) is 0 Å². The van der Waals surface area contributed by atoms with Crippen molar-refractivity contribution in [1.29, 1.82) is 0 Å². The summed E-state index contributed by atoms with van der Waals surface area (Å²) in [5, 5.41) is 17.8. The zero-order valence-corrected chi connectivity index (χ0v) is 9.18. The number of rotatable bonds is 2. The van der Waals surface area contributed by atoms with Gasteiger partial charge in [0.25, 0.3) is 0 Å². The summed E-state index contributed by atoms with van der Waals surface area (Å²) >= 11 is 0. The van der Waals surface area contributed by atoms with E-state index in [9.17, 15) is 0 Å². The highest BCUT2D eigenvalue weighted by atomic mass is 32.3. The van der Waals surface area contributed by atoms with E-state index in [1.54, 1.807) is 12.1 Å². The number of aromatic hydroxyl groups is 1. The zero-order valence-electron chi connectivity index (χ0n) is 8.36. The smallest absolute Gasteiger partial charge is 0.394 e. The van der Waals surface area contributed by atoms with Crippen LogP contribution >= 0.6 is 0 Å². The van der Waals surface area contributed by atoms with Gasteiger partial charge < -0.3 is 14.9 Å². The molecule has 0 saturated carbocycles. The van der Waals surface area contributed by atoms with E-state index in [1.807, 2.05) is 0 Å². The first kappa shape index (κ1) is 14.6. The summed E-state index contributed by atoms with van der Waals surface area (Å²) in [5.41, 5.74) is 0.722. The van der Waals surface area contributed by atoms with Crippen molar-refractivity contribution in [2.75, 3.05) is 7.11 Å². The molecule has 0 fully saturated rings. The van der Waals surface area contributed by atoms with Gasteiger partial charge in [-0.1, -0.05) is 6.07 Å². The fourth-order valence-corrected chi connectivity index (χ4v) is 0.820. The van der Waals surface area contributed by atoms with Crippen molar-refractivity contribution in [3.63, 3.8) is 0 Å². The maximum absolute atomic E-state index is 9.12. The Morgan fingerprint density at radius 3 is 2.19 bits per heavy atom. The van der Waals surface area contributed by atoms with Crippen LogP contribution in [0.5, 0.6) is 11.5 Å². The van der Waals surface area contributed by atoms with Gasteiger partial charge in [0.15, 0.2) is 11.5 Å². The Morgan fingerprint density at radius 1 is 1.31 bits per heavy atom. The van der Waals surface area contributed by atoms with Crippen LogP contribution in [0.2, 0.25) is 0 Å². The van der Waals surface area contributed by atoms with Crippen LogP contribution in [-0.2, 0) is 17.0 Å². The highest BCUT2D eigenvalue weighted by Gasteiger charge is 2.00. The van der Waals surface area contributed by atoms with Gasteiger partial charge in [0.05, 0.1) is 13.7 Å². The average Bonchev–Trinajstić information content (AvgIpc) is 2.16. The molecule has 0 saturated heterocycles. The summed E-state index contributed by atoms with van der Waals surface area (Å²) < 4.78 is 36.4. The van der Waals surface area contributed by atoms with Crippen LogP contribution in [0.15, 0.2) is 18.2 Å². The van der Waals surface area contributed by atoms with Crippen molar-refractivity contribution in [2.45, 2.75) is 6.61 Å². The third-order valence-corrected chi connectivity index (χ3v) is 1.43. The Morgan fingerprint density at radius 2 is 1.81 bits per heavy atom. The second kappa shape index (κ2) is 6.28. The summed E-state index contributed by atoms with van der Waals surface area (Å²) in [4.78, 5) is 0. The number of methoxy groups -OCH3 is 1. The lowest BCUT2D eigenvalue weighted by molar-refractivity contribution is 0.280. The summed E-state index contributed by atoms with van der Waals surface area (Å²) in [7, 11) is -3.20. The van der Waals surface area contributed by atoms with Gasteiger partial charge in [-0.2, -0.15) is 8.42 Å². The molecule has 1 aromatic carbocycles. The lowest BCUT2D eigenvalue weighted by Crippen LogP contribution is -1.89. The van der Waals surface area contributed by atoms with E-state index >= 15 is 0 Å². The molecule has 0 aromatic heterocycles. The lowest BCUT2D eigenvalue weighted by Gasteiger charge is -2.03. The molecule has 0 atom stereocenters. The lowest BCUT2D eigenvalue weighted by atomic mass is 10.2. The number of aliphatic hydroxyl groups excluding tert-OH is 1. The summed E-state index contributed by atoms with van der Waals surface area (Å²) in [6.07, 6.45) is 0. The van der Waals surface area contributed by atoms with Gasteiger partial charge in [0.2, 0.25) is 0 Å². The molecule has 4 N–H and O–H groups in total. The van der Waals surface area contributed by atoms with Crippen molar-refractivity contribution >= 4 is 10.4 Å². The number of phenols is 1. The van der Waals surface area contributed by atoms with E-state index in [0.717, 1.165) is 5.56 Å². The molecule has 0 amide bonds. The number of phenolic OH excluding ortho intramolecular Hbond substituents is 1. The molecule has 0 spiro atoms. The van der Waals surface area contributed by atoms with Gasteiger partial charge in [-0.05, 0) is 17.7 Å². The van der Waals surface area contributed by atoms with Crippen LogP contribution in [0.1, 0.15) is 5.56 Å². The molecule has 8 heteroatoms. The molecular formula is C8H12O7S. The van der Waals surface area contributed by atoms with Crippen molar-refractivity contribution in [1.82, 2.24) is 0 Å². The Kier molecular flexibility index (Phi) is 5.75. The topological polar surface area (TPSA) is 124 Å². The first-order chi connectivity index (χ1) is 7.27. The predicted octanol–water partition coefficient (Wildman–Crippen LogP) is 0.240. The molecular weight excluding hydrogens is 240 g/mol. The molecule has 0 aliphatic carbocycles. The molecule has 0 heterocycles. The Balaban J connectivity index is 0.000000385. The SMILES string of the molecule is COc1cc(CO)ccc1O.O=S(=O)(O)O. The molecule has 16 heavy (non-hydrogen) atoms. The fraction of sp³-hybridized carbons (Fsp3) is 0.250. The first-order valence-electron chi connectivity index (χ1n) is 3.94. The molecule has 0 aliphatic heterocycles. The minimum absolute atomic E-state index is 0.0450. The fourth-order valence-electron chi connectivity index (χ4n) is 0.820. The van der Waals surface area contributed by atoms with Crippen LogP contribution in [0.4, 0.5) is 0 Å². The van der Waals surface area contributed by atoms with Crippen LogP contribution in [-0.4, -0.2) is 34.8 Å². The van der Waals surface area contributed by atoms with E-state index in [-0.39, 0.29) is 12.4 Å². The van der Waals surface area contributed by atoms with E-state index in [4.69, 9.17) is 32.5 Å². The predicted molar refractivity (Wildman–Crippen MR) is 54.8 cm³/mol. The Labute approximate surface area is 92.5 Å². The van der Waals surface area contributed by atoms with E-state index in [1.165, 1.54) is 13.2 Å². The molecule has 0 bridgehead atoms. The number of aliphatic hydroxyl groups is 1. The van der Waals surface area contributed by atoms with Gasteiger partial charge in [0.1, 0.15) is 0 Å². The van der Waals surface area contributed by atoms with Crippen LogP contribution < -0.4 is 4.74 Å². The highest BCUT2D eigenvalue weighted by Crippen LogP contribution is 2.25. The monoisotopic (exact) mass is 252 g/mol. The zero-order chi connectivity index (χ0) is 12.8. The van der Waals surface area contributed by atoms with E-state index in [2.05, 4.69) is 0 Å². The molecule has 0 aliphatic rings. The minimum Gasteiger partial charge on any atom is -0.504 e. The van der Waals surface area contributed by atoms with Gasteiger partial charge in [-0.3, -0.25) is 9.11 Å². The third-order valence-electron chi connectivity index (χ3n) is 1.43. The standard InChI is InChI=1S/C8H10O3.H2O4S/c1-11-8-4-6(5-9)2-3-7(8)10;1-5(2,3)4/h2-4,9-10H,5H2,1H3;(H2,1,2,3,4). The second-order valence-corrected chi connectivity index (χ2v) is 3.51. The van der Waals surface area contributed by atoms with Crippen LogP contribution in [0.3, 0.4) is 0 Å². The van der Waals surface area contributed by atoms with Crippen LogP contribution in [0, 0.1) is 0 Å². The average molecular weight is 252 g/mol. The number of ether oxygens (including phenoxy) is 1. The number of benzene rings is 1. The molecule has 1 aromatic rings. The maximum Gasteiger partial charge on any atom is 0.394 e. The highest BCUT2D eigenvalue weighted by molar-refractivity contribution is 7.79. The minimum atomic E-state index is -4.67. The van der Waals surface area contributed by atoms with Crippen molar-refractivity contribution in [3.8, 4) is 11.5 Å². The summed E-state index contributed by atoms with van der Waals surface area (Å²) in [6.45, 7) is -0.0450. The Bertz CT molecular complexity index is 418. The molecule has 7 nitrogen and oxygen atoms in total. The normalized spacial score (nSPS) is 10.2. The third kappa shape index (κ3) is 7.01. The number of hydrogen-bond acceptors (Lipinski definition) is 5. The quantitative estimate of drug-likeness (QED) is 0.555. The Hall–Kier alpha value is -1.35. The molecule has 0 radical (unpaired) electrons. The second-order valence-electron chi connectivity index (χ2n) is 2.61. The van der Waals surface area contributed by atoms with E-state index < -0.39 is 10.4 Å². The van der Waals surface area contributed by atoms with E-state index in [0.29, 0.717) is 5.75 Å². The summed E-state index contributed by atoms with van der Waals surface area (Å²) in [6, 6.07) is 4.72. The largest absolute Gasteiger partial charge is 0.504 e.